The number of esters is 1. The molecule has 1 heterocycles. The topological polar surface area (TPSA) is 56.3 Å². The van der Waals surface area contributed by atoms with Crippen molar-refractivity contribution in [1.29, 1.82) is 0 Å². The predicted octanol–water partition coefficient (Wildman–Crippen LogP) is 4.48. The Morgan fingerprint density at radius 1 is 1.28 bits per heavy atom. The summed E-state index contributed by atoms with van der Waals surface area (Å²) >= 11 is 0. The molecular formula is C21H23NO3. The van der Waals surface area contributed by atoms with Gasteiger partial charge in [0.05, 0.1) is 0 Å². The molecule has 0 radical (unpaired) electrons. The van der Waals surface area contributed by atoms with Crippen molar-refractivity contribution in [1.82, 2.24) is 4.98 Å². The maximum Gasteiger partial charge on any atom is 0.311 e. The van der Waals surface area contributed by atoms with E-state index in [1.165, 1.54) is 0 Å². The number of hydrogen-bond donors (Lipinski definition) is 0. The van der Waals surface area contributed by atoms with E-state index in [4.69, 9.17) is 4.74 Å². The molecule has 0 saturated heterocycles. The fraction of sp³-hybridized carbons (Fsp3) is 0.381. The quantitative estimate of drug-likeness (QED) is 0.443. The molecule has 0 spiro atoms. The van der Waals surface area contributed by atoms with E-state index in [2.05, 4.69) is 24.1 Å². The number of hydrogen-bond acceptors (Lipinski definition) is 4. The van der Waals surface area contributed by atoms with Crippen LogP contribution in [0.1, 0.15) is 39.0 Å². The molecule has 1 aromatic carbocycles. The standard InChI is InChI=1S/C21H23NO3/c1-2-3-4-9-17-16(11-12-18(17)23)14-20(24)25-19-10-5-7-15-8-6-13-22-21(15)19/h3-8,10,13,16-17H,2,9,11-12,14H2,1H3/b4-3-. The highest BCUT2D eigenvalue weighted by atomic mass is 16.5. The van der Waals surface area contributed by atoms with Gasteiger partial charge in [0.15, 0.2) is 5.75 Å². The summed E-state index contributed by atoms with van der Waals surface area (Å²) in [5.41, 5.74) is 0.684. The van der Waals surface area contributed by atoms with E-state index in [-0.39, 0.29) is 30.0 Å². The van der Waals surface area contributed by atoms with Crippen LogP contribution in [0.25, 0.3) is 10.9 Å². The van der Waals surface area contributed by atoms with Gasteiger partial charge in [0, 0.05) is 30.3 Å². The average Bonchev–Trinajstić information content (AvgIpc) is 2.95. The van der Waals surface area contributed by atoms with Crippen molar-refractivity contribution < 1.29 is 14.3 Å². The van der Waals surface area contributed by atoms with E-state index in [1.807, 2.05) is 24.3 Å². The molecule has 2 atom stereocenters. The summed E-state index contributed by atoms with van der Waals surface area (Å²) < 4.78 is 5.57. The summed E-state index contributed by atoms with van der Waals surface area (Å²) in [5.74, 6) is 0.480. The molecule has 0 amide bonds. The summed E-state index contributed by atoms with van der Waals surface area (Å²) in [7, 11) is 0. The number of carbonyl (C=O) groups is 2. The van der Waals surface area contributed by atoms with Gasteiger partial charge in [0.25, 0.3) is 0 Å². The van der Waals surface area contributed by atoms with Gasteiger partial charge >= 0.3 is 5.97 Å². The Bertz CT molecular complexity index is 791. The smallest absolute Gasteiger partial charge is 0.311 e. The second kappa shape index (κ2) is 8.06. The second-order valence-electron chi connectivity index (χ2n) is 6.50. The fourth-order valence-electron chi connectivity index (χ4n) is 3.49. The van der Waals surface area contributed by atoms with Crippen molar-refractivity contribution in [3.05, 3.63) is 48.7 Å². The minimum absolute atomic E-state index is 0.0546. The van der Waals surface area contributed by atoms with Gasteiger partial charge in [0.1, 0.15) is 11.3 Å². The molecule has 2 unspecified atom stereocenters. The van der Waals surface area contributed by atoms with Crippen molar-refractivity contribution in [3.63, 3.8) is 0 Å². The van der Waals surface area contributed by atoms with Crippen LogP contribution in [0.15, 0.2) is 48.7 Å². The summed E-state index contributed by atoms with van der Waals surface area (Å²) in [6.07, 6.45) is 9.11. The number of ketones is 1. The Labute approximate surface area is 147 Å². The third-order valence-electron chi connectivity index (χ3n) is 4.78. The molecule has 3 rings (SSSR count). The lowest BCUT2D eigenvalue weighted by Gasteiger charge is -2.16. The van der Waals surface area contributed by atoms with Crippen LogP contribution >= 0.6 is 0 Å². The molecule has 130 valence electrons. The highest BCUT2D eigenvalue weighted by molar-refractivity contribution is 5.88. The molecule has 25 heavy (non-hydrogen) atoms. The molecule has 0 aliphatic heterocycles. The van der Waals surface area contributed by atoms with Crippen LogP contribution in [-0.4, -0.2) is 16.7 Å². The SMILES string of the molecule is CC/C=C\CC1C(=O)CCC1CC(=O)Oc1cccc2cccnc12. The zero-order chi connectivity index (χ0) is 17.6. The van der Waals surface area contributed by atoms with Gasteiger partial charge < -0.3 is 4.74 Å². The molecule has 2 aromatic rings. The largest absolute Gasteiger partial charge is 0.424 e. The molecule has 0 N–H and O–H groups in total. The van der Waals surface area contributed by atoms with E-state index in [1.54, 1.807) is 12.3 Å². The molecule has 1 aromatic heterocycles. The number of Topliss-reactive ketones (excluding diaryl/α,β-unsaturated/α-hetero) is 1. The summed E-state index contributed by atoms with van der Waals surface area (Å²) in [6, 6.07) is 9.34. The van der Waals surface area contributed by atoms with Crippen LogP contribution in [-0.2, 0) is 9.59 Å². The maximum atomic E-state index is 12.4. The van der Waals surface area contributed by atoms with E-state index in [0.29, 0.717) is 17.7 Å². The van der Waals surface area contributed by atoms with Crippen molar-refractivity contribution in [2.75, 3.05) is 0 Å². The lowest BCUT2D eigenvalue weighted by molar-refractivity contribution is -0.135. The molecule has 4 nitrogen and oxygen atoms in total. The van der Waals surface area contributed by atoms with Gasteiger partial charge in [0.2, 0.25) is 0 Å². The number of allylic oxidation sites excluding steroid dienone is 2. The molecule has 1 saturated carbocycles. The van der Waals surface area contributed by atoms with Crippen molar-refractivity contribution >= 4 is 22.7 Å². The van der Waals surface area contributed by atoms with E-state index < -0.39 is 0 Å². The average molecular weight is 337 g/mol. The van der Waals surface area contributed by atoms with Gasteiger partial charge in [-0.2, -0.15) is 0 Å². The van der Waals surface area contributed by atoms with Crippen molar-refractivity contribution in [2.24, 2.45) is 11.8 Å². The van der Waals surface area contributed by atoms with Crippen molar-refractivity contribution in [2.45, 2.75) is 39.0 Å². The molecule has 4 heteroatoms. The van der Waals surface area contributed by atoms with Crippen molar-refractivity contribution in [3.8, 4) is 5.75 Å². The number of fused-ring (bicyclic) bond motifs is 1. The Balaban J connectivity index is 1.67. The summed E-state index contributed by atoms with van der Waals surface area (Å²) in [6.45, 7) is 2.07. The van der Waals surface area contributed by atoms with Gasteiger partial charge in [-0.15, -0.1) is 0 Å². The number of aromatic nitrogens is 1. The number of pyridine rings is 1. The highest BCUT2D eigenvalue weighted by Gasteiger charge is 2.35. The molecule has 1 fully saturated rings. The van der Waals surface area contributed by atoms with Gasteiger partial charge in [-0.1, -0.05) is 37.3 Å². The van der Waals surface area contributed by atoms with Crippen LogP contribution in [0.4, 0.5) is 0 Å². The lowest BCUT2D eigenvalue weighted by Crippen LogP contribution is -2.20. The van der Waals surface area contributed by atoms with Crippen LogP contribution in [0, 0.1) is 11.8 Å². The number of carbonyl (C=O) groups excluding carboxylic acids is 2. The van der Waals surface area contributed by atoms with Crippen LogP contribution in [0.2, 0.25) is 0 Å². The maximum absolute atomic E-state index is 12.4. The van der Waals surface area contributed by atoms with E-state index in [0.717, 1.165) is 24.6 Å². The Hall–Kier alpha value is -2.49. The minimum Gasteiger partial charge on any atom is -0.424 e. The van der Waals surface area contributed by atoms with Crippen LogP contribution < -0.4 is 4.74 Å². The number of rotatable bonds is 6. The zero-order valence-electron chi connectivity index (χ0n) is 14.5. The first-order valence-corrected chi connectivity index (χ1v) is 8.91. The molecule has 0 bridgehead atoms. The van der Waals surface area contributed by atoms with Crippen LogP contribution in [0.3, 0.4) is 0 Å². The Morgan fingerprint density at radius 3 is 2.96 bits per heavy atom. The monoisotopic (exact) mass is 337 g/mol. The number of nitrogens with zero attached hydrogens (tertiary/aromatic N) is 1. The summed E-state index contributed by atoms with van der Waals surface area (Å²) in [4.78, 5) is 28.8. The summed E-state index contributed by atoms with van der Waals surface area (Å²) in [5, 5.41) is 0.937. The Morgan fingerprint density at radius 2 is 2.12 bits per heavy atom. The number of benzene rings is 1. The van der Waals surface area contributed by atoms with Gasteiger partial charge in [-0.05, 0) is 37.3 Å². The third-order valence-corrected chi connectivity index (χ3v) is 4.78. The van der Waals surface area contributed by atoms with E-state index in [9.17, 15) is 9.59 Å². The number of ether oxygens (including phenoxy) is 1. The number of para-hydroxylation sites is 1. The zero-order valence-corrected chi connectivity index (χ0v) is 14.5. The third kappa shape index (κ3) is 4.13. The minimum atomic E-state index is -0.290. The molecule has 1 aliphatic rings. The first kappa shape index (κ1) is 17.3. The fourth-order valence-corrected chi connectivity index (χ4v) is 3.49. The van der Waals surface area contributed by atoms with Gasteiger partial charge in [-0.25, -0.2) is 0 Å². The normalized spacial score (nSPS) is 20.4. The first-order valence-electron chi connectivity index (χ1n) is 8.91. The van der Waals surface area contributed by atoms with Gasteiger partial charge in [-0.3, -0.25) is 14.6 Å². The van der Waals surface area contributed by atoms with E-state index >= 15 is 0 Å². The molecule has 1 aliphatic carbocycles. The molecular weight excluding hydrogens is 314 g/mol. The van der Waals surface area contributed by atoms with Crippen LogP contribution in [0.5, 0.6) is 5.75 Å². The second-order valence-corrected chi connectivity index (χ2v) is 6.50. The first-order chi connectivity index (χ1) is 12.2. The lowest BCUT2D eigenvalue weighted by atomic mass is 9.89. The predicted molar refractivity (Wildman–Crippen MR) is 97.3 cm³/mol. The highest BCUT2D eigenvalue weighted by Crippen LogP contribution is 2.34. The Kier molecular flexibility index (Phi) is 5.59.